The van der Waals surface area contributed by atoms with Crippen LogP contribution in [0.4, 0.5) is 0 Å². The van der Waals surface area contributed by atoms with Crippen LogP contribution in [0.5, 0.6) is 0 Å². The number of cyclic esters (lactones) is 2. The highest BCUT2D eigenvalue weighted by molar-refractivity contribution is 5.70. The number of hydrogen-bond donors (Lipinski definition) is 0. The minimum Gasteiger partial charge on any atom is -0.462 e. The third kappa shape index (κ3) is 4.93. The largest absolute Gasteiger partial charge is 0.462 e. The summed E-state index contributed by atoms with van der Waals surface area (Å²) in [4.78, 5) is 24.1. The number of hydrogen-bond acceptors (Lipinski definition) is 6. The molecule has 6 heteroatoms. The van der Waals surface area contributed by atoms with Crippen LogP contribution in [0.1, 0.15) is 65.2 Å². The number of fused-ring (bicyclic) bond motifs is 4. The van der Waals surface area contributed by atoms with Gasteiger partial charge in [-0.15, -0.1) is 0 Å². The summed E-state index contributed by atoms with van der Waals surface area (Å²) >= 11 is 0. The molecule has 0 aromatic carbocycles. The van der Waals surface area contributed by atoms with E-state index in [0.717, 1.165) is 25.7 Å². The van der Waals surface area contributed by atoms with Crippen LogP contribution in [0.15, 0.2) is 0 Å². The summed E-state index contributed by atoms with van der Waals surface area (Å²) in [7, 11) is 0. The number of esters is 2. The Hall–Kier alpha value is -1.14. The summed E-state index contributed by atoms with van der Waals surface area (Å²) < 4.78 is 22.8. The number of carbonyl (C=O) groups excluding carboxylic acids is 2. The molecule has 0 unspecified atom stereocenters. The Labute approximate surface area is 143 Å². The summed E-state index contributed by atoms with van der Waals surface area (Å²) in [6.07, 6.45) is 4.96. The van der Waals surface area contributed by atoms with Gasteiger partial charge < -0.3 is 18.9 Å². The average molecular weight is 340 g/mol. The Balaban J connectivity index is 1.63. The molecule has 3 heterocycles. The van der Waals surface area contributed by atoms with Crippen LogP contribution >= 0.6 is 0 Å². The van der Waals surface area contributed by atoms with Gasteiger partial charge in [0.15, 0.2) is 0 Å². The number of ether oxygens (including phenoxy) is 4. The Morgan fingerprint density at radius 3 is 1.46 bits per heavy atom. The van der Waals surface area contributed by atoms with Gasteiger partial charge in [0.2, 0.25) is 0 Å². The van der Waals surface area contributed by atoms with Crippen LogP contribution in [0.25, 0.3) is 0 Å². The van der Waals surface area contributed by atoms with Crippen molar-refractivity contribution in [3.05, 3.63) is 0 Å². The van der Waals surface area contributed by atoms with Gasteiger partial charge in [-0.2, -0.15) is 0 Å². The number of rotatable bonds is 0. The molecule has 3 fully saturated rings. The molecule has 3 aliphatic heterocycles. The Kier molecular flexibility index (Phi) is 5.76. The zero-order chi connectivity index (χ0) is 17.1. The molecule has 3 rings (SSSR count). The van der Waals surface area contributed by atoms with Crippen LogP contribution in [0.3, 0.4) is 0 Å². The van der Waals surface area contributed by atoms with Gasteiger partial charge in [0, 0.05) is 12.8 Å². The molecule has 0 aromatic rings. The standard InChI is InChI=1S/C18H28O6/c1-11-7-13-3-5-16(23-13)10-18(20)22-12(2)8-14-4-6-15(24-14)9-17(19)21-11/h11-16H,3-10H2,1-2H3/t11-,12+,13-,14+,15+,16-. The lowest BCUT2D eigenvalue weighted by molar-refractivity contribution is -0.155. The number of carbonyl (C=O) groups is 2. The zero-order valence-corrected chi connectivity index (χ0v) is 14.6. The fourth-order valence-electron chi connectivity index (χ4n) is 3.96. The molecule has 0 spiro atoms. The Morgan fingerprint density at radius 2 is 1.04 bits per heavy atom. The molecule has 0 aliphatic carbocycles. The maximum Gasteiger partial charge on any atom is 0.308 e. The van der Waals surface area contributed by atoms with Gasteiger partial charge in [-0.05, 0) is 39.5 Å². The summed E-state index contributed by atoms with van der Waals surface area (Å²) in [6, 6.07) is 0. The molecule has 0 amide bonds. The van der Waals surface area contributed by atoms with E-state index in [1.54, 1.807) is 0 Å². The first-order valence-corrected chi connectivity index (χ1v) is 9.18. The second-order valence-corrected chi connectivity index (χ2v) is 7.40. The van der Waals surface area contributed by atoms with Crippen molar-refractivity contribution in [1.29, 1.82) is 0 Å². The first kappa shape index (κ1) is 17.7. The second-order valence-electron chi connectivity index (χ2n) is 7.40. The van der Waals surface area contributed by atoms with Crippen molar-refractivity contribution in [2.24, 2.45) is 0 Å². The van der Waals surface area contributed by atoms with Crippen LogP contribution in [0.2, 0.25) is 0 Å². The van der Waals surface area contributed by atoms with E-state index in [1.165, 1.54) is 0 Å². The fourth-order valence-corrected chi connectivity index (χ4v) is 3.96. The highest BCUT2D eigenvalue weighted by atomic mass is 16.6. The molecular formula is C18H28O6. The van der Waals surface area contributed by atoms with Crippen molar-refractivity contribution >= 4 is 11.9 Å². The minimum absolute atomic E-state index is 0.0445. The first-order chi connectivity index (χ1) is 11.5. The summed E-state index contributed by atoms with van der Waals surface area (Å²) in [5.41, 5.74) is 0. The molecule has 3 saturated heterocycles. The highest BCUT2D eigenvalue weighted by Crippen LogP contribution is 2.29. The van der Waals surface area contributed by atoms with E-state index >= 15 is 0 Å². The van der Waals surface area contributed by atoms with E-state index in [-0.39, 0.29) is 48.6 Å². The maximum absolute atomic E-state index is 12.1. The van der Waals surface area contributed by atoms with E-state index in [2.05, 4.69) is 0 Å². The highest BCUT2D eigenvalue weighted by Gasteiger charge is 2.33. The van der Waals surface area contributed by atoms with Gasteiger partial charge in [-0.1, -0.05) is 0 Å². The predicted octanol–water partition coefficient (Wildman–Crippen LogP) is 2.52. The van der Waals surface area contributed by atoms with Gasteiger partial charge in [0.05, 0.1) is 37.3 Å². The van der Waals surface area contributed by atoms with Crippen molar-refractivity contribution < 1.29 is 28.5 Å². The molecule has 6 nitrogen and oxygen atoms in total. The summed E-state index contributed by atoms with van der Waals surface area (Å²) in [5.74, 6) is -0.400. The SMILES string of the molecule is C[C@@H]1C[C@H]2CC[C@H](CC(=O)O[C@@H](C)C[C@@H]3CC[C@@H](CC(=O)O1)O3)O2. The smallest absolute Gasteiger partial charge is 0.308 e. The van der Waals surface area contributed by atoms with Crippen LogP contribution in [-0.2, 0) is 28.5 Å². The molecule has 0 radical (unpaired) electrons. The fraction of sp³-hybridized carbons (Fsp3) is 0.889. The van der Waals surface area contributed by atoms with Crippen molar-refractivity contribution in [1.82, 2.24) is 0 Å². The van der Waals surface area contributed by atoms with Crippen LogP contribution in [-0.4, -0.2) is 48.6 Å². The molecular weight excluding hydrogens is 312 g/mol. The molecule has 0 N–H and O–H groups in total. The molecule has 4 bridgehead atoms. The molecule has 6 atom stereocenters. The van der Waals surface area contributed by atoms with Crippen LogP contribution in [0, 0.1) is 0 Å². The van der Waals surface area contributed by atoms with Gasteiger partial charge in [0.25, 0.3) is 0 Å². The Morgan fingerprint density at radius 1 is 0.667 bits per heavy atom. The molecule has 3 aliphatic rings. The van der Waals surface area contributed by atoms with E-state index in [0.29, 0.717) is 25.7 Å². The molecule has 136 valence electrons. The molecule has 24 heavy (non-hydrogen) atoms. The average Bonchev–Trinajstić information content (AvgIpc) is 3.07. The third-order valence-corrected chi connectivity index (χ3v) is 5.03. The maximum atomic E-state index is 12.1. The molecule has 0 aromatic heterocycles. The van der Waals surface area contributed by atoms with E-state index in [1.807, 2.05) is 13.8 Å². The Bertz CT molecular complexity index is 422. The van der Waals surface area contributed by atoms with Gasteiger partial charge in [-0.3, -0.25) is 9.59 Å². The quantitative estimate of drug-likeness (QED) is 0.631. The third-order valence-electron chi connectivity index (χ3n) is 5.03. The van der Waals surface area contributed by atoms with E-state index in [4.69, 9.17) is 18.9 Å². The summed E-state index contributed by atoms with van der Waals surface area (Å²) in [5, 5.41) is 0. The van der Waals surface area contributed by atoms with Gasteiger partial charge in [0.1, 0.15) is 12.2 Å². The predicted molar refractivity (Wildman–Crippen MR) is 85.4 cm³/mol. The monoisotopic (exact) mass is 340 g/mol. The minimum atomic E-state index is -0.200. The normalized spacial score (nSPS) is 41.8. The topological polar surface area (TPSA) is 71.1 Å². The van der Waals surface area contributed by atoms with Crippen molar-refractivity contribution in [2.45, 2.75) is 102 Å². The van der Waals surface area contributed by atoms with Crippen molar-refractivity contribution in [3.8, 4) is 0 Å². The second kappa shape index (κ2) is 7.83. The van der Waals surface area contributed by atoms with Gasteiger partial charge in [-0.25, -0.2) is 0 Å². The van der Waals surface area contributed by atoms with Crippen molar-refractivity contribution in [3.63, 3.8) is 0 Å². The zero-order valence-electron chi connectivity index (χ0n) is 14.6. The first-order valence-electron chi connectivity index (χ1n) is 9.18. The van der Waals surface area contributed by atoms with E-state index < -0.39 is 0 Å². The summed E-state index contributed by atoms with van der Waals surface area (Å²) in [6.45, 7) is 3.79. The van der Waals surface area contributed by atoms with E-state index in [9.17, 15) is 9.59 Å². The van der Waals surface area contributed by atoms with Gasteiger partial charge >= 0.3 is 11.9 Å². The molecule has 0 saturated carbocycles. The lowest BCUT2D eigenvalue weighted by atomic mass is 10.1. The lowest BCUT2D eigenvalue weighted by Crippen LogP contribution is -2.27. The lowest BCUT2D eigenvalue weighted by Gasteiger charge is -2.21. The van der Waals surface area contributed by atoms with Crippen molar-refractivity contribution in [2.75, 3.05) is 0 Å². The van der Waals surface area contributed by atoms with Crippen LogP contribution < -0.4 is 0 Å².